The van der Waals surface area contributed by atoms with Crippen molar-refractivity contribution in [3.05, 3.63) is 48.2 Å². The Balaban J connectivity index is 1.32. The van der Waals surface area contributed by atoms with Crippen LogP contribution < -0.4 is 15.4 Å². The van der Waals surface area contributed by atoms with Crippen molar-refractivity contribution < 1.29 is 9.53 Å². The van der Waals surface area contributed by atoms with E-state index in [2.05, 4.69) is 21.7 Å². The predicted octanol–water partition coefficient (Wildman–Crippen LogP) is 3.80. The van der Waals surface area contributed by atoms with Crippen molar-refractivity contribution in [2.45, 2.75) is 32.1 Å². The van der Waals surface area contributed by atoms with Gasteiger partial charge in [0.25, 0.3) is 0 Å². The van der Waals surface area contributed by atoms with Gasteiger partial charge in [0.1, 0.15) is 12.4 Å². The number of hydrogen-bond acceptors (Lipinski definition) is 3. The van der Waals surface area contributed by atoms with Crippen molar-refractivity contribution in [2.75, 3.05) is 19.7 Å². The number of rotatable bonds is 7. The summed E-state index contributed by atoms with van der Waals surface area (Å²) in [5, 5.41) is 6.76. The van der Waals surface area contributed by atoms with Crippen LogP contribution >= 0.6 is 0 Å². The van der Waals surface area contributed by atoms with Crippen molar-refractivity contribution in [1.29, 1.82) is 0 Å². The summed E-state index contributed by atoms with van der Waals surface area (Å²) in [6, 6.07) is 9.56. The fourth-order valence-electron chi connectivity index (χ4n) is 3.01. The number of benzene rings is 1. The van der Waals surface area contributed by atoms with Gasteiger partial charge in [-0.1, -0.05) is 17.7 Å². The van der Waals surface area contributed by atoms with Crippen molar-refractivity contribution in [1.82, 2.24) is 15.6 Å². The van der Waals surface area contributed by atoms with Crippen LogP contribution in [0.4, 0.5) is 4.79 Å². The fourth-order valence-corrected chi connectivity index (χ4v) is 3.01. The number of nitrogens with zero attached hydrogens (tertiary/aromatic N) is 1. The summed E-state index contributed by atoms with van der Waals surface area (Å²) in [7, 11) is 0. The molecule has 0 bridgehead atoms. The summed E-state index contributed by atoms with van der Waals surface area (Å²) in [4.78, 5) is 16.0. The first kappa shape index (κ1) is 17.3. The molecule has 1 aliphatic carbocycles. The van der Waals surface area contributed by atoms with E-state index in [-0.39, 0.29) is 6.03 Å². The molecule has 2 N–H and O–H groups in total. The number of hydrogen-bond donors (Lipinski definition) is 2. The normalized spacial score (nSPS) is 14.0. The molecule has 1 aromatic carbocycles. The molecule has 0 spiro atoms. The lowest BCUT2D eigenvalue weighted by Gasteiger charge is -2.13. The van der Waals surface area contributed by atoms with Gasteiger partial charge in [-0.15, -0.1) is 0 Å². The third-order valence-electron chi connectivity index (χ3n) is 4.35. The van der Waals surface area contributed by atoms with Gasteiger partial charge in [0.2, 0.25) is 0 Å². The van der Waals surface area contributed by atoms with Crippen LogP contribution in [0.15, 0.2) is 48.2 Å². The molecule has 1 heterocycles. The Morgan fingerprint density at radius 2 is 2.08 bits per heavy atom. The number of allylic oxidation sites excluding steroid dienone is 1. The van der Waals surface area contributed by atoms with E-state index in [9.17, 15) is 4.79 Å². The summed E-state index contributed by atoms with van der Waals surface area (Å²) >= 11 is 0. The van der Waals surface area contributed by atoms with Gasteiger partial charge < -0.3 is 15.4 Å². The minimum Gasteiger partial charge on any atom is -0.492 e. The molecule has 1 aliphatic rings. The zero-order valence-electron chi connectivity index (χ0n) is 14.5. The highest BCUT2D eigenvalue weighted by Crippen LogP contribution is 2.19. The molecule has 5 heteroatoms. The van der Waals surface area contributed by atoms with Gasteiger partial charge in [-0.05, 0) is 56.4 Å². The Bertz CT molecular complexity index is 743. The van der Waals surface area contributed by atoms with Crippen molar-refractivity contribution in [2.24, 2.45) is 0 Å². The highest BCUT2D eigenvalue weighted by atomic mass is 16.5. The Labute approximate surface area is 148 Å². The number of carbonyl (C=O) groups excluding carboxylic acids is 1. The Hall–Kier alpha value is -2.56. The fraction of sp³-hybridized carbons (Fsp3) is 0.400. The van der Waals surface area contributed by atoms with E-state index in [1.54, 1.807) is 6.20 Å². The Morgan fingerprint density at radius 1 is 1.16 bits per heavy atom. The van der Waals surface area contributed by atoms with Crippen molar-refractivity contribution >= 4 is 16.9 Å². The van der Waals surface area contributed by atoms with Crippen LogP contribution in [0.1, 0.15) is 32.1 Å². The summed E-state index contributed by atoms with van der Waals surface area (Å²) in [6.45, 7) is 1.60. The zero-order chi connectivity index (χ0) is 17.3. The van der Waals surface area contributed by atoms with E-state index in [4.69, 9.17) is 4.74 Å². The largest absolute Gasteiger partial charge is 0.492 e. The van der Waals surface area contributed by atoms with Gasteiger partial charge in [0.05, 0.1) is 12.1 Å². The third kappa shape index (κ3) is 5.48. The monoisotopic (exact) mass is 339 g/mol. The topological polar surface area (TPSA) is 63.2 Å². The maximum atomic E-state index is 11.8. The number of urea groups is 1. The number of aromatic nitrogens is 1. The number of pyridine rings is 1. The van der Waals surface area contributed by atoms with Crippen LogP contribution in [-0.4, -0.2) is 30.7 Å². The van der Waals surface area contributed by atoms with E-state index >= 15 is 0 Å². The molecule has 0 radical (unpaired) electrons. The molecule has 132 valence electrons. The van der Waals surface area contributed by atoms with E-state index in [1.165, 1.54) is 31.3 Å². The lowest BCUT2D eigenvalue weighted by molar-refractivity contribution is 0.236. The first-order chi connectivity index (χ1) is 12.3. The maximum Gasteiger partial charge on any atom is 0.314 e. The van der Waals surface area contributed by atoms with Crippen LogP contribution in [0.2, 0.25) is 0 Å². The van der Waals surface area contributed by atoms with E-state index < -0.39 is 0 Å². The number of amides is 2. The second kappa shape index (κ2) is 9.06. The Morgan fingerprint density at radius 3 is 2.96 bits per heavy atom. The highest BCUT2D eigenvalue weighted by molar-refractivity contribution is 5.79. The molecule has 2 aromatic rings. The predicted molar refractivity (Wildman–Crippen MR) is 99.8 cm³/mol. The molecule has 2 amide bonds. The van der Waals surface area contributed by atoms with Gasteiger partial charge >= 0.3 is 6.03 Å². The second-order valence-electron chi connectivity index (χ2n) is 6.25. The Kier molecular flexibility index (Phi) is 6.26. The quantitative estimate of drug-likeness (QED) is 0.596. The molecule has 1 aromatic heterocycles. The van der Waals surface area contributed by atoms with Crippen LogP contribution in [0.25, 0.3) is 10.9 Å². The third-order valence-corrected chi connectivity index (χ3v) is 4.35. The maximum absolute atomic E-state index is 11.8. The minimum absolute atomic E-state index is 0.136. The zero-order valence-corrected chi connectivity index (χ0v) is 14.5. The first-order valence-electron chi connectivity index (χ1n) is 8.98. The lowest BCUT2D eigenvalue weighted by Crippen LogP contribution is -2.38. The standard InChI is InChI=1S/C20H25N3O2/c24-20(22-12-10-16-5-2-1-3-6-16)23-13-14-25-18-8-9-19-17(15-18)7-4-11-21-19/h4-5,7-9,11,15H,1-3,6,10,12-14H2,(H2,22,23,24). The molecule has 5 nitrogen and oxygen atoms in total. The number of fused-ring (bicyclic) bond motifs is 1. The minimum atomic E-state index is -0.136. The second-order valence-corrected chi connectivity index (χ2v) is 6.25. The molecular weight excluding hydrogens is 314 g/mol. The van der Waals surface area contributed by atoms with Gasteiger partial charge in [0, 0.05) is 18.1 Å². The van der Waals surface area contributed by atoms with Crippen LogP contribution in [-0.2, 0) is 0 Å². The van der Waals surface area contributed by atoms with Gasteiger partial charge in [-0.25, -0.2) is 4.79 Å². The van der Waals surface area contributed by atoms with E-state index in [1.807, 2.05) is 30.3 Å². The molecule has 0 unspecified atom stereocenters. The van der Waals surface area contributed by atoms with Gasteiger partial charge in [-0.2, -0.15) is 0 Å². The summed E-state index contributed by atoms with van der Waals surface area (Å²) in [6.07, 6.45) is 9.98. The number of ether oxygens (including phenoxy) is 1. The molecular formula is C20H25N3O2. The van der Waals surface area contributed by atoms with Gasteiger partial charge in [0.15, 0.2) is 0 Å². The molecule has 0 fully saturated rings. The molecule has 0 saturated carbocycles. The van der Waals surface area contributed by atoms with Gasteiger partial charge in [-0.3, -0.25) is 4.98 Å². The number of nitrogens with one attached hydrogen (secondary N) is 2. The molecule has 0 aliphatic heterocycles. The van der Waals surface area contributed by atoms with Crippen LogP contribution in [0.3, 0.4) is 0 Å². The van der Waals surface area contributed by atoms with Crippen LogP contribution in [0, 0.1) is 0 Å². The lowest BCUT2D eigenvalue weighted by atomic mass is 9.97. The molecule has 3 rings (SSSR count). The molecule has 0 saturated heterocycles. The molecule has 25 heavy (non-hydrogen) atoms. The average molecular weight is 339 g/mol. The van der Waals surface area contributed by atoms with E-state index in [0.717, 1.165) is 23.1 Å². The van der Waals surface area contributed by atoms with E-state index in [0.29, 0.717) is 19.7 Å². The first-order valence-corrected chi connectivity index (χ1v) is 8.98. The van der Waals surface area contributed by atoms with Crippen molar-refractivity contribution in [3.8, 4) is 5.75 Å². The SMILES string of the molecule is O=C(NCCOc1ccc2ncccc2c1)NCCC1=CCCCC1. The van der Waals surface area contributed by atoms with Crippen molar-refractivity contribution in [3.63, 3.8) is 0 Å². The smallest absolute Gasteiger partial charge is 0.314 e. The average Bonchev–Trinajstić information content (AvgIpc) is 2.66. The molecule has 0 atom stereocenters. The van der Waals surface area contributed by atoms with Crippen LogP contribution in [0.5, 0.6) is 5.75 Å². The number of carbonyl (C=O) groups is 1. The highest BCUT2D eigenvalue weighted by Gasteiger charge is 2.05. The summed E-state index contributed by atoms with van der Waals surface area (Å²) in [5.41, 5.74) is 2.42. The summed E-state index contributed by atoms with van der Waals surface area (Å²) < 4.78 is 5.68. The summed E-state index contributed by atoms with van der Waals surface area (Å²) in [5.74, 6) is 0.784.